The van der Waals surface area contributed by atoms with Crippen LogP contribution in [0.3, 0.4) is 0 Å². The Labute approximate surface area is 104 Å². The van der Waals surface area contributed by atoms with E-state index in [1.54, 1.807) is 6.92 Å². The summed E-state index contributed by atoms with van der Waals surface area (Å²) < 4.78 is 37.1. The molecule has 1 atom stereocenters. The number of hydrogen-bond donors (Lipinski definition) is 1. The number of benzene rings is 1. The highest BCUT2D eigenvalue weighted by molar-refractivity contribution is 6.02. The molecule has 5 heteroatoms. The lowest BCUT2D eigenvalue weighted by molar-refractivity contribution is -0.137. The van der Waals surface area contributed by atoms with Gasteiger partial charge in [-0.2, -0.15) is 13.2 Å². The first-order valence-corrected chi connectivity index (χ1v) is 5.69. The van der Waals surface area contributed by atoms with Crippen LogP contribution in [0, 0.1) is 0 Å². The van der Waals surface area contributed by atoms with Crippen molar-refractivity contribution in [2.24, 2.45) is 5.73 Å². The van der Waals surface area contributed by atoms with Gasteiger partial charge in [0, 0.05) is 5.56 Å². The van der Waals surface area contributed by atoms with Gasteiger partial charge in [0.15, 0.2) is 5.78 Å². The number of alkyl halides is 3. The molecule has 100 valence electrons. The predicted octanol–water partition coefficient (Wildman–Crippen LogP) is 3.41. The molecular weight excluding hydrogens is 243 g/mol. The van der Waals surface area contributed by atoms with Gasteiger partial charge in [-0.3, -0.25) is 4.79 Å². The molecule has 0 radical (unpaired) electrons. The smallest absolute Gasteiger partial charge is 0.319 e. The highest BCUT2D eigenvalue weighted by atomic mass is 19.4. The largest absolute Gasteiger partial charge is 0.416 e. The van der Waals surface area contributed by atoms with Gasteiger partial charge in [0.05, 0.1) is 11.1 Å². The van der Waals surface area contributed by atoms with Gasteiger partial charge in [-0.05, 0) is 25.5 Å². The monoisotopic (exact) mass is 259 g/mol. The minimum absolute atomic E-state index is 0.210. The molecule has 0 saturated heterocycles. The van der Waals surface area contributed by atoms with E-state index in [1.807, 2.05) is 6.92 Å². The molecule has 0 aliphatic carbocycles. The maximum atomic E-state index is 12.4. The molecular formula is C13H16F3NO. The summed E-state index contributed by atoms with van der Waals surface area (Å²) in [6, 6.07) is 4.14. The van der Waals surface area contributed by atoms with Crippen molar-refractivity contribution >= 4 is 5.78 Å². The molecule has 0 fully saturated rings. The number of Topliss-reactive ketones (excluding diaryl/α,β-unsaturated/α-hetero) is 1. The van der Waals surface area contributed by atoms with Gasteiger partial charge in [-0.25, -0.2) is 0 Å². The predicted molar refractivity (Wildman–Crippen MR) is 63.3 cm³/mol. The Bertz CT molecular complexity index is 421. The third kappa shape index (κ3) is 3.32. The summed E-state index contributed by atoms with van der Waals surface area (Å²) in [7, 11) is 0. The number of nitrogens with two attached hydrogens (primary N) is 1. The Morgan fingerprint density at radius 3 is 2.11 bits per heavy atom. The van der Waals surface area contributed by atoms with E-state index in [1.165, 1.54) is 12.1 Å². The number of carbonyl (C=O) groups is 1. The fourth-order valence-electron chi connectivity index (χ4n) is 1.77. The molecule has 0 amide bonds. The van der Waals surface area contributed by atoms with Crippen molar-refractivity contribution < 1.29 is 18.0 Å². The second kappa shape index (κ2) is 5.10. The molecule has 1 aromatic carbocycles. The van der Waals surface area contributed by atoms with Gasteiger partial charge in [-0.15, -0.1) is 0 Å². The van der Waals surface area contributed by atoms with E-state index in [-0.39, 0.29) is 11.3 Å². The first-order valence-electron chi connectivity index (χ1n) is 5.69. The summed E-state index contributed by atoms with van der Waals surface area (Å²) in [5.74, 6) is -0.335. The lowest BCUT2D eigenvalue weighted by Gasteiger charge is -2.22. The molecule has 0 bridgehead atoms. The Hall–Kier alpha value is -1.36. The van der Waals surface area contributed by atoms with E-state index in [0.29, 0.717) is 6.42 Å². The maximum Gasteiger partial charge on any atom is 0.416 e. The maximum absolute atomic E-state index is 12.4. The first-order chi connectivity index (χ1) is 8.18. The molecule has 18 heavy (non-hydrogen) atoms. The van der Waals surface area contributed by atoms with Gasteiger partial charge in [0.1, 0.15) is 0 Å². The number of hydrogen-bond acceptors (Lipinski definition) is 2. The molecule has 2 nitrogen and oxygen atoms in total. The second-order valence-corrected chi connectivity index (χ2v) is 4.57. The zero-order valence-electron chi connectivity index (χ0n) is 10.3. The van der Waals surface area contributed by atoms with Crippen LogP contribution in [-0.4, -0.2) is 11.3 Å². The molecule has 0 saturated carbocycles. The van der Waals surface area contributed by atoms with Gasteiger partial charge < -0.3 is 5.73 Å². The summed E-state index contributed by atoms with van der Waals surface area (Å²) in [6.07, 6.45) is -3.16. The van der Waals surface area contributed by atoms with E-state index in [4.69, 9.17) is 5.73 Å². The molecule has 0 aliphatic heterocycles. The van der Waals surface area contributed by atoms with Crippen LogP contribution in [-0.2, 0) is 6.18 Å². The molecule has 2 N–H and O–H groups in total. The van der Waals surface area contributed by atoms with E-state index in [2.05, 4.69) is 0 Å². The van der Waals surface area contributed by atoms with Crippen molar-refractivity contribution in [1.82, 2.24) is 0 Å². The SMILES string of the molecule is CCCC(C)(N)C(=O)c1ccc(C(F)(F)F)cc1. The van der Waals surface area contributed by atoms with E-state index in [9.17, 15) is 18.0 Å². The van der Waals surface area contributed by atoms with Crippen molar-refractivity contribution in [2.45, 2.75) is 38.4 Å². The third-order valence-corrected chi connectivity index (χ3v) is 2.76. The van der Waals surface area contributed by atoms with Crippen LogP contribution in [0.2, 0.25) is 0 Å². The summed E-state index contributed by atoms with van der Waals surface area (Å²) in [6.45, 7) is 3.49. The molecule has 0 aromatic heterocycles. The minimum Gasteiger partial charge on any atom is -0.319 e. The number of ketones is 1. The van der Waals surface area contributed by atoms with Crippen LogP contribution < -0.4 is 5.73 Å². The molecule has 0 aliphatic rings. The Balaban J connectivity index is 2.96. The van der Waals surface area contributed by atoms with Crippen LogP contribution in [0.4, 0.5) is 13.2 Å². The molecule has 0 spiro atoms. The van der Waals surface area contributed by atoms with Gasteiger partial charge in [0.2, 0.25) is 0 Å². The fourth-order valence-corrected chi connectivity index (χ4v) is 1.77. The highest BCUT2D eigenvalue weighted by Gasteiger charge is 2.32. The summed E-state index contributed by atoms with van der Waals surface area (Å²) in [4.78, 5) is 12.0. The van der Waals surface area contributed by atoms with Crippen molar-refractivity contribution in [3.05, 3.63) is 35.4 Å². The van der Waals surface area contributed by atoms with Crippen molar-refractivity contribution in [2.75, 3.05) is 0 Å². The highest BCUT2D eigenvalue weighted by Crippen LogP contribution is 2.29. The zero-order valence-corrected chi connectivity index (χ0v) is 10.3. The average Bonchev–Trinajstić information content (AvgIpc) is 2.27. The average molecular weight is 259 g/mol. The van der Waals surface area contributed by atoms with Crippen LogP contribution in [0.25, 0.3) is 0 Å². The van der Waals surface area contributed by atoms with Gasteiger partial charge in [0.25, 0.3) is 0 Å². The molecule has 1 rings (SSSR count). The first kappa shape index (κ1) is 14.7. The number of rotatable bonds is 4. The van der Waals surface area contributed by atoms with Crippen molar-refractivity contribution in [1.29, 1.82) is 0 Å². The Morgan fingerprint density at radius 2 is 1.72 bits per heavy atom. The quantitative estimate of drug-likeness (QED) is 0.842. The fraction of sp³-hybridized carbons (Fsp3) is 0.462. The number of halogens is 3. The standard InChI is InChI=1S/C13H16F3NO/c1-3-8-12(2,17)11(18)9-4-6-10(7-5-9)13(14,15)16/h4-7H,3,8,17H2,1-2H3. The van der Waals surface area contributed by atoms with E-state index < -0.39 is 17.3 Å². The van der Waals surface area contributed by atoms with Crippen molar-refractivity contribution in [3.63, 3.8) is 0 Å². The summed E-state index contributed by atoms with van der Waals surface area (Å²) >= 11 is 0. The topological polar surface area (TPSA) is 43.1 Å². The minimum atomic E-state index is -4.39. The van der Waals surface area contributed by atoms with Crippen LogP contribution in [0.1, 0.15) is 42.6 Å². The van der Waals surface area contributed by atoms with Crippen molar-refractivity contribution in [3.8, 4) is 0 Å². The number of carbonyl (C=O) groups excluding carboxylic acids is 1. The Kier molecular flexibility index (Phi) is 4.16. The Morgan fingerprint density at radius 1 is 1.22 bits per heavy atom. The van der Waals surface area contributed by atoms with E-state index in [0.717, 1.165) is 18.6 Å². The zero-order chi connectivity index (χ0) is 14.0. The van der Waals surface area contributed by atoms with Gasteiger partial charge in [-0.1, -0.05) is 25.5 Å². The van der Waals surface area contributed by atoms with Gasteiger partial charge >= 0.3 is 6.18 Å². The summed E-state index contributed by atoms with van der Waals surface area (Å²) in [5.41, 5.74) is 4.26. The lowest BCUT2D eigenvalue weighted by atomic mass is 9.88. The van der Waals surface area contributed by atoms with Crippen LogP contribution >= 0.6 is 0 Å². The van der Waals surface area contributed by atoms with E-state index >= 15 is 0 Å². The second-order valence-electron chi connectivity index (χ2n) is 4.57. The van der Waals surface area contributed by atoms with Crippen LogP contribution in [0.15, 0.2) is 24.3 Å². The lowest BCUT2D eigenvalue weighted by Crippen LogP contribution is -2.44. The normalized spacial score (nSPS) is 15.2. The third-order valence-electron chi connectivity index (χ3n) is 2.76. The van der Waals surface area contributed by atoms with Crippen LogP contribution in [0.5, 0.6) is 0 Å². The summed E-state index contributed by atoms with van der Waals surface area (Å²) in [5, 5.41) is 0. The molecule has 1 aromatic rings. The molecule has 1 unspecified atom stereocenters. The molecule has 0 heterocycles.